The maximum atomic E-state index is 13.0. The summed E-state index contributed by atoms with van der Waals surface area (Å²) in [4.78, 5) is 30.2. The van der Waals surface area contributed by atoms with E-state index in [1.807, 2.05) is 18.2 Å². The molecule has 0 aromatic heterocycles. The average molecular weight is 401 g/mol. The van der Waals surface area contributed by atoms with E-state index in [2.05, 4.69) is 11.0 Å². The topological polar surface area (TPSA) is 54.3 Å². The second-order valence-corrected chi connectivity index (χ2v) is 7.58. The first-order valence-electron chi connectivity index (χ1n) is 9.43. The normalized spacial score (nSPS) is 20.7. The van der Waals surface area contributed by atoms with Crippen LogP contribution in [0.4, 0.5) is 11.4 Å². The Kier molecular flexibility index (Phi) is 5.24. The number of hydrogen-bond donors (Lipinski definition) is 1. The lowest BCUT2D eigenvalue weighted by molar-refractivity contribution is -0.915. The molecular formula is C21H23ClN3O3+. The number of methoxy groups -OCH3 is 1. The van der Waals surface area contributed by atoms with Gasteiger partial charge in [-0.1, -0.05) is 17.7 Å². The Balaban J connectivity index is 1.42. The highest BCUT2D eigenvalue weighted by Gasteiger charge is 2.46. The molecule has 2 amide bonds. The molecule has 0 aliphatic carbocycles. The van der Waals surface area contributed by atoms with Crippen LogP contribution in [-0.2, 0) is 9.59 Å². The Bertz CT molecular complexity index is 879. The van der Waals surface area contributed by atoms with E-state index in [1.165, 1.54) is 9.80 Å². The molecule has 2 heterocycles. The van der Waals surface area contributed by atoms with Crippen LogP contribution in [0.2, 0.25) is 5.02 Å². The number of piperazine rings is 1. The highest BCUT2D eigenvalue weighted by Crippen LogP contribution is 2.24. The second-order valence-electron chi connectivity index (χ2n) is 7.15. The van der Waals surface area contributed by atoms with Crippen LogP contribution < -0.4 is 19.4 Å². The molecule has 0 spiro atoms. The van der Waals surface area contributed by atoms with Crippen LogP contribution in [0.3, 0.4) is 0 Å². The molecule has 1 atom stereocenters. The molecule has 6 nitrogen and oxygen atoms in total. The number of hydrogen-bond acceptors (Lipinski definition) is 4. The van der Waals surface area contributed by atoms with E-state index >= 15 is 0 Å². The van der Waals surface area contributed by atoms with Gasteiger partial charge < -0.3 is 14.5 Å². The van der Waals surface area contributed by atoms with Crippen molar-refractivity contribution in [3.8, 4) is 5.75 Å². The molecule has 4 rings (SSSR count). The fourth-order valence-corrected chi connectivity index (χ4v) is 4.15. The van der Waals surface area contributed by atoms with Gasteiger partial charge in [-0.15, -0.1) is 0 Å². The number of halogens is 1. The molecule has 7 heteroatoms. The van der Waals surface area contributed by atoms with Crippen molar-refractivity contribution in [1.29, 1.82) is 0 Å². The SMILES string of the molecule is COc1cccc(N2CC[NH+]([C@@H]3CC(=O)N(c4ccc(Cl)cc4)C3=O)CC2)c1. The zero-order valence-corrected chi connectivity index (χ0v) is 16.5. The predicted molar refractivity (Wildman–Crippen MR) is 108 cm³/mol. The Hall–Kier alpha value is -2.57. The zero-order valence-electron chi connectivity index (χ0n) is 15.7. The lowest BCUT2D eigenvalue weighted by atomic mass is 10.1. The molecule has 1 N–H and O–H groups in total. The van der Waals surface area contributed by atoms with Gasteiger partial charge in [0.2, 0.25) is 5.91 Å². The summed E-state index contributed by atoms with van der Waals surface area (Å²) < 4.78 is 5.31. The Morgan fingerprint density at radius 2 is 1.75 bits per heavy atom. The van der Waals surface area contributed by atoms with Gasteiger partial charge in [0.15, 0.2) is 6.04 Å². The number of carbonyl (C=O) groups excluding carboxylic acids is 2. The van der Waals surface area contributed by atoms with Crippen LogP contribution >= 0.6 is 11.6 Å². The Morgan fingerprint density at radius 1 is 1.04 bits per heavy atom. The molecule has 0 radical (unpaired) electrons. The highest BCUT2D eigenvalue weighted by atomic mass is 35.5. The first kappa shape index (κ1) is 18.8. The number of anilines is 2. The number of amides is 2. The standard InChI is InChI=1S/C21H22ClN3O3/c1-28-18-4-2-3-17(13-18)23-9-11-24(12-10-23)19-14-20(26)25(21(19)27)16-7-5-15(22)6-8-16/h2-8,13,19H,9-12,14H2,1H3/p+1/t19-/m1/s1. The van der Waals surface area contributed by atoms with Gasteiger partial charge in [-0.3, -0.25) is 9.59 Å². The molecular weight excluding hydrogens is 378 g/mol. The van der Waals surface area contributed by atoms with E-state index in [-0.39, 0.29) is 24.3 Å². The maximum absolute atomic E-state index is 13.0. The summed E-state index contributed by atoms with van der Waals surface area (Å²) in [5, 5.41) is 0.582. The molecule has 146 valence electrons. The summed E-state index contributed by atoms with van der Waals surface area (Å²) in [5.74, 6) is 0.583. The number of carbonyl (C=O) groups is 2. The van der Waals surface area contributed by atoms with Crippen LogP contribution in [0.1, 0.15) is 6.42 Å². The van der Waals surface area contributed by atoms with Crippen LogP contribution in [0.5, 0.6) is 5.75 Å². The number of ether oxygens (including phenoxy) is 1. The van der Waals surface area contributed by atoms with E-state index in [0.29, 0.717) is 10.7 Å². The second kappa shape index (κ2) is 7.81. The third kappa shape index (κ3) is 3.57. The van der Waals surface area contributed by atoms with E-state index in [4.69, 9.17) is 16.3 Å². The first-order chi connectivity index (χ1) is 13.6. The first-order valence-corrected chi connectivity index (χ1v) is 9.80. The van der Waals surface area contributed by atoms with Gasteiger partial charge in [-0.05, 0) is 36.4 Å². The van der Waals surface area contributed by atoms with Crippen molar-refractivity contribution in [2.45, 2.75) is 12.5 Å². The van der Waals surface area contributed by atoms with Crippen LogP contribution in [-0.4, -0.2) is 51.1 Å². The largest absolute Gasteiger partial charge is 0.497 e. The average Bonchev–Trinajstić information content (AvgIpc) is 3.03. The summed E-state index contributed by atoms with van der Waals surface area (Å²) in [6, 6.07) is 14.5. The minimum Gasteiger partial charge on any atom is -0.497 e. The quantitative estimate of drug-likeness (QED) is 0.788. The molecule has 0 saturated carbocycles. The van der Waals surface area contributed by atoms with E-state index in [9.17, 15) is 9.59 Å². The summed E-state index contributed by atoms with van der Waals surface area (Å²) in [5.41, 5.74) is 1.71. The molecule has 2 aliphatic rings. The summed E-state index contributed by atoms with van der Waals surface area (Å²) in [7, 11) is 1.66. The van der Waals surface area contributed by atoms with Crippen LogP contribution in [0.25, 0.3) is 0 Å². The third-order valence-corrected chi connectivity index (χ3v) is 5.80. The maximum Gasteiger partial charge on any atom is 0.292 e. The monoisotopic (exact) mass is 400 g/mol. The summed E-state index contributed by atoms with van der Waals surface area (Å²) in [6.45, 7) is 3.30. The van der Waals surface area contributed by atoms with Gasteiger partial charge in [-0.25, -0.2) is 4.90 Å². The van der Waals surface area contributed by atoms with Crippen molar-refractivity contribution >= 4 is 34.8 Å². The summed E-state index contributed by atoms with van der Waals surface area (Å²) >= 11 is 5.92. The van der Waals surface area contributed by atoms with Crippen molar-refractivity contribution in [2.75, 3.05) is 43.1 Å². The molecule has 2 saturated heterocycles. The number of rotatable bonds is 4. The van der Waals surface area contributed by atoms with E-state index in [1.54, 1.807) is 31.4 Å². The van der Waals surface area contributed by atoms with Crippen molar-refractivity contribution < 1.29 is 19.2 Å². The number of benzene rings is 2. The smallest absolute Gasteiger partial charge is 0.292 e. The van der Waals surface area contributed by atoms with Crippen LogP contribution in [0.15, 0.2) is 48.5 Å². The fourth-order valence-electron chi connectivity index (χ4n) is 4.02. The van der Waals surface area contributed by atoms with Gasteiger partial charge in [-0.2, -0.15) is 0 Å². The van der Waals surface area contributed by atoms with Gasteiger partial charge in [0.25, 0.3) is 5.91 Å². The van der Waals surface area contributed by atoms with Gasteiger partial charge in [0.1, 0.15) is 5.75 Å². The third-order valence-electron chi connectivity index (χ3n) is 5.55. The van der Waals surface area contributed by atoms with Crippen LogP contribution in [0, 0.1) is 0 Å². The number of nitrogens with one attached hydrogen (secondary N) is 1. The lowest BCUT2D eigenvalue weighted by Gasteiger charge is -2.35. The van der Waals surface area contributed by atoms with Crippen molar-refractivity contribution in [3.63, 3.8) is 0 Å². The number of nitrogens with zero attached hydrogens (tertiary/aromatic N) is 2. The molecule has 0 bridgehead atoms. The fraction of sp³-hybridized carbons (Fsp3) is 0.333. The van der Waals surface area contributed by atoms with Crippen molar-refractivity contribution in [1.82, 2.24) is 0 Å². The predicted octanol–water partition coefficient (Wildman–Crippen LogP) is 1.39. The molecule has 2 fully saturated rings. The molecule has 2 aliphatic heterocycles. The Labute approximate surface area is 169 Å². The highest BCUT2D eigenvalue weighted by molar-refractivity contribution is 6.30. The molecule has 28 heavy (non-hydrogen) atoms. The van der Waals surface area contributed by atoms with E-state index in [0.717, 1.165) is 37.6 Å². The van der Waals surface area contributed by atoms with Gasteiger partial charge >= 0.3 is 0 Å². The molecule has 2 aromatic rings. The Morgan fingerprint density at radius 3 is 2.43 bits per heavy atom. The minimum atomic E-state index is -0.310. The summed E-state index contributed by atoms with van der Waals surface area (Å²) in [6.07, 6.45) is 0.260. The van der Waals surface area contributed by atoms with Gasteiger partial charge in [0, 0.05) is 16.8 Å². The number of imide groups is 1. The zero-order chi connectivity index (χ0) is 19.7. The number of quaternary nitrogens is 1. The van der Waals surface area contributed by atoms with Crippen molar-refractivity contribution in [3.05, 3.63) is 53.6 Å². The minimum absolute atomic E-state index is 0.114. The lowest BCUT2D eigenvalue weighted by Crippen LogP contribution is -3.19. The molecule has 2 aromatic carbocycles. The van der Waals surface area contributed by atoms with E-state index < -0.39 is 0 Å². The van der Waals surface area contributed by atoms with Crippen molar-refractivity contribution in [2.24, 2.45) is 0 Å². The van der Waals surface area contributed by atoms with Gasteiger partial charge in [0.05, 0.1) is 45.4 Å². The molecule has 0 unspecified atom stereocenters.